The summed E-state index contributed by atoms with van der Waals surface area (Å²) in [6.07, 6.45) is 5.60. The fourth-order valence-corrected chi connectivity index (χ4v) is 1.22. The molecule has 76 valence electrons. The van der Waals surface area contributed by atoms with Gasteiger partial charge in [-0.1, -0.05) is 31.3 Å². The van der Waals surface area contributed by atoms with Gasteiger partial charge in [-0.15, -0.1) is 0 Å². The summed E-state index contributed by atoms with van der Waals surface area (Å²) in [5.74, 6) is 0.0586. The van der Waals surface area contributed by atoms with E-state index in [2.05, 4.69) is 12.1 Å². The number of hydrogen-bond donors (Lipinski definition) is 1. The van der Waals surface area contributed by atoms with Crippen LogP contribution in [0.4, 0.5) is 0 Å². The Hall–Kier alpha value is -0.860. The summed E-state index contributed by atoms with van der Waals surface area (Å²) in [4.78, 5) is 10.7. The highest BCUT2D eigenvalue weighted by molar-refractivity contribution is 6.00. The predicted molar refractivity (Wildman–Crippen MR) is 53.3 cm³/mol. The van der Waals surface area contributed by atoms with Crippen LogP contribution >= 0.6 is 0 Å². The van der Waals surface area contributed by atoms with E-state index in [9.17, 15) is 4.79 Å². The Bertz CT molecular complexity index is 176. The van der Waals surface area contributed by atoms with Crippen molar-refractivity contribution in [2.75, 3.05) is 0 Å². The summed E-state index contributed by atoms with van der Waals surface area (Å²) in [6.45, 7) is 3.66. The molecule has 3 heteroatoms. The molecule has 0 aromatic rings. The predicted octanol–water partition coefficient (Wildman–Crippen LogP) is 2.77. The molecule has 3 nitrogen and oxygen atoms in total. The maximum absolute atomic E-state index is 10.7. The molecule has 0 amide bonds. The van der Waals surface area contributed by atoms with E-state index in [1.165, 1.54) is 19.8 Å². The van der Waals surface area contributed by atoms with E-state index in [4.69, 9.17) is 5.21 Å². The largest absolute Gasteiger partial charge is 0.411 e. The fourth-order valence-electron chi connectivity index (χ4n) is 1.22. The zero-order chi connectivity index (χ0) is 10.1. The number of nitrogens with zero attached hydrogens (tertiary/aromatic N) is 1. The van der Waals surface area contributed by atoms with Crippen LogP contribution in [0.2, 0.25) is 0 Å². The highest BCUT2D eigenvalue weighted by Crippen LogP contribution is 2.05. The summed E-state index contributed by atoms with van der Waals surface area (Å²) < 4.78 is 0. The van der Waals surface area contributed by atoms with Crippen LogP contribution in [0.1, 0.15) is 52.4 Å². The highest BCUT2D eigenvalue weighted by atomic mass is 16.4. The molecule has 0 heterocycles. The molecule has 0 radical (unpaired) electrons. The van der Waals surface area contributed by atoms with Gasteiger partial charge in [0.2, 0.25) is 0 Å². The van der Waals surface area contributed by atoms with Crippen LogP contribution in [0.15, 0.2) is 5.16 Å². The minimum absolute atomic E-state index is 0.0586. The number of oxime groups is 1. The van der Waals surface area contributed by atoms with Crippen LogP contribution in [0, 0.1) is 0 Å². The second-order valence-electron chi connectivity index (χ2n) is 3.36. The van der Waals surface area contributed by atoms with Gasteiger partial charge < -0.3 is 5.21 Å². The van der Waals surface area contributed by atoms with Crippen LogP contribution in [0.25, 0.3) is 0 Å². The maximum Gasteiger partial charge on any atom is 0.135 e. The third-order valence-corrected chi connectivity index (χ3v) is 1.91. The first-order valence-electron chi connectivity index (χ1n) is 4.90. The number of carbonyl (C=O) groups excluding carboxylic acids is 1. The molecule has 0 fully saturated rings. The van der Waals surface area contributed by atoms with Gasteiger partial charge in [0.1, 0.15) is 5.78 Å². The van der Waals surface area contributed by atoms with Crippen molar-refractivity contribution in [3.8, 4) is 0 Å². The third kappa shape index (κ3) is 7.50. The number of ketones is 1. The summed E-state index contributed by atoms with van der Waals surface area (Å²) in [6, 6.07) is 0. The number of rotatable bonds is 7. The van der Waals surface area contributed by atoms with Crippen LogP contribution in [0.3, 0.4) is 0 Å². The lowest BCUT2D eigenvalue weighted by atomic mass is 10.1. The zero-order valence-electron chi connectivity index (χ0n) is 8.55. The molecular weight excluding hydrogens is 166 g/mol. The highest BCUT2D eigenvalue weighted by Gasteiger charge is 2.03. The Morgan fingerprint density at radius 2 is 2.00 bits per heavy atom. The number of carbonyl (C=O) groups is 1. The molecule has 0 aliphatic carbocycles. The van der Waals surface area contributed by atoms with E-state index in [0.717, 1.165) is 19.3 Å². The first-order chi connectivity index (χ1) is 6.20. The van der Waals surface area contributed by atoms with Gasteiger partial charge in [-0.3, -0.25) is 4.79 Å². The van der Waals surface area contributed by atoms with Gasteiger partial charge in [0.25, 0.3) is 0 Å². The molecule has 0 rings (SSSR count). The molecular formula is C10H19NO2. The molecule has 0 bridgehead atoms. The van der Waals surface area contributed by atoms with Crippen molar-refractivity contribution in [2.45, 2.75) is 52.4 Å². The van der Waals surface area contributed by atoms with E-state index in [1.807, 2.05) is 0 Å². The van der Waals surface area contributed by atoms with Crippen LogP contribution in [-0.2, 0) is 4.79 Å². The van der Waals surface area contributed by atoms with Crippen molar-refractivity contribution in [1.29, 1.82) is 0 Å². The van der Waals surface area contributed by atoms with Gasteiger partial charge in [-0.05, 0) is 19.8 Å². The lowest BCUT2D eigenvalue weighted by molar-refractivity contribution is -0.115. The van der Waals surface area contributed by atoms with Crippen LogP contribution < -0.4 is 0 Å². The lowest BCUT2D eigenvalue weighted by Gasteiger charge is -2.01. The molecule has 0 saturated carbocycles. The number of hydrogen-bond acceptors (Lipinski definition) is 3. The van der Waals surface area contributed by atoms with E-state index >= 15 is 0 Å². The van der Waals surface area contributed by atoms with E-state index in [0.29, 0.717) is 12.1 Å². The van der Waals surface area contributed by atoms with Crippen LogP contribution in [-0.4, -0.2) is 16.7 Å². The average Bonchev–Trinajstić information content (AvgIpc) is 2.09. The topological polar surface area (TPSA) is 49.7 Å². The molecule has 0 aromatic heterocycles. The van der Waals surface area contributed by atoms with Gasteiger partial charge in [-0.2, -0.15) is 0 Å². The molecule has 0 atom stereocenters. The zero-order valence-corrected chi connectivity index (χ0v) is 8.55. The summed E-state index contributed by atoms with van der Waals surface area (Å²) >= 11 is 0. The average molecular weight is 185 g/mol. The van der Waals surface area contributed by atoms with Gasteiger partial charge in [-0.25, -0.2) is 0 Å². The quantitative estimate of drug-likeness (QED) is 0.287. The van der Waals surface area contributed by atoms with Crippen molar-refractivity contribution in [1.82, 2.24) is 0 Å². The van der Waals surface area contributed by atoms with E-state index < -0.39 is 0 Å². The summed E-state index contributed by atoms with van der Waals surface area (Å²) in [5.41, 5.74) is 0.614. The Morgan fingerprint density at radius 3 is 2.46 bits per heavy atom. The second-order valence-corrected chi connectivity index (χ2v) is 3.36. The van der Waals surface area contributed by atoms with Gasteiger partial charge in [0.15, 0.2) is 0 Å². The second kappa shape index (κ2) is 7.77. The fraction of sp³-hybridized carbons (Fsp3) is 0.800. The van der Waals surface area contributed by atoms with Crippen molar-refractivity contribution in [3.05, 3.63) is 0 Å². The van der Waals surface area contributed by atoms with Crippen molar-refractivity contribution < 1.29 is 10.0 Å². The standard InChI is InChI=1S/C10H19NO2/c1-3-4-5-6-7-10(11-13)8-9(2)12/h13H,3-8H2,1-2H3. The minimum Gasteiger partial charge on any atom is -0.411 e. The molecule has 0 unspecified atom stereocenters. The Morgan fingerprint density at radius 1 is 1.31 bits per heavy atom. The molecule has 1 N–H and O–H groups in total. The molecule has 0 spiro atoms. The van der Waals surface area contributed by atoms with E-state index in [1.54, 1.807) is 0 Å². The molecule has 0 aromatic carbocycles. The monoisotopic (exact) mass is 185 g/mol. The van der Waals surface area contributed by atoms with Crippen molar-refractivity contribution >= 4 is 11.5 Å². The first kappa shape index (κ1) is 12.1. The summed E-state index contributed by atoms with van der Waals surface area (Å²) in [7, 11) is 0. The number of unbranched alkanes of at least 4 members (excludes halogenated alkanes) is 3. The Labute approximate surface area is 79.8 Å². The SMILES string of the molecule is CCCCCCC(CC(C)=O)=NO. The summed E-state index contributed by atoms with van der Waals surface area (Å²) in [5, 5.41) is 11.7. The van der Waals surface area contributed by atoms with Gasteiger partial charge in [0.05, 0.1) is 5.71 Å². The minimum atomic E-state index is 0.0586. The molecule has 13 heavy (non-hydrogen) atoms. The number of Topliss-reactive ketones (excluding diaryl/α,β-unsaturated/α-hetero) is 1. The van der Waals surface area contributed by atoms with Gasteiger partial charge >= 0.3 is 0 Å². The molecule has 0 saturated heterocycles. The Kier molecular flexibility index (Phi) is 7.26. The lowest BCUT2D eigenvalue weighted by Crippen LogP contribution is -2.04. The van der Waals surface area contributed by atoms with Gasteiger partial charge in [0, 0.05) is 6.42 Å². The maximum atomic E-state index is 10.7. The van der Waals surface area contributed by atoms with Crippen molar-refractivity contribution in [3.63, 3.8) is 0 Å². The Balaban J connectivity index is 3.55. The first-order valence-corrected chi connectivity index (χ1v) is 4.90. The third-order valence-electron chi connectivity index (χ3n) is 1.91. The smallest absolute Gasteiger partial charge is 0.135 e. The molecule has 0 aliphatic rings. The van der Waals surface area contributed by atoms with E-state index in [-0.39, 0.29) is 5.78 Å². The molecule has 0 aliphatic heterocycles. The van der Waals surface area contributed by atoms with Crippen molar-refractivity contribution in [2.24, 2.45) is 5.16 Å². The van der Waals surface area contributed by atoms with Crippen LogP contribution in [0.5, 0.6) is 0 Å². The normalized spacial score (nSPS) is 11.7.